The molecule has 0 unspecified atom stereocenters. The first-order valence-corrected chi connectivity index (χ1v) is 9.82. The van der Waals surface area contributed by atoms with Gasteiger partial charge in [-0.3, -0.25) is 14.3 Å². The number of amides is 1. The van der Waals surface area contributed by atoms with Crippen LogP contribution in [-0.2, 0) is 6.54 Å². The smallest absolute Gasteiger partial charge is 0.256 e. The Kier molecular flexibility index (Phi) is 6.69. The van der Waals surface area contributed by atoms with Crippen molar-refractivity contribution in [2.24, 2.45) is 5.92 Å². The predicted molar refractivity (Wildman–Crippen MR) is 114 cm³/mol. The Hall–Kier alpha value is -3.68. The van der Waals surface area contributed by atoms with Gasteiger partial charge in [0.2, 0.25) is 0 Å². The number of phenols is 1. The van der Waals surface area contributed by atoms with Gasteiger partial charge in [-0.2, -0.15) is 5.10 Å². The molecule has 2 N–H and O–H groups in total. The highest BCUT2D eigenvalue weighted by Gasteiger charge is 2.14. The molecular formula is C23H24FN3O4. The third-order valence-corrected chi connectivity index (χ3v) is 4.55. The number of halogens is 1. The van der Waals surface area contributed by atoms with Crippen LogP contribution in [0.25, 0.3) is 0 Å². The summed E-state index contributed by atoms with van der Waals surface area (Å²) in [4.78, 5) is 23.2. The molecule has 162 valence electrons. The summed E-state index contributed by atoms with van der Waals surface area (Å²) in [5.74, 6) is 0.109. The van der Waals surface area contributed by atoms with Crippen molar-refractivity contribution in [3.05, 3.63) is 70.7 Å². The Balaban J connectivity index is 1.77. The van der Waals surface area contributed by atoms with E-state index in [2.05, 4.69) is 10.4 Å². The van der Waals surface area contributed by atoms with Crippen molar-refractivity contribution in [3.8, 4) is 11.5 Å². The summed E-state index contributed by atoms with van der Waals surface area (Å²) in [5.41, 5.74) is 1.48. The molecule has 0 saturated carbocycles. The van der Waals surface area contributed by atoms with Crippen LogP contribution in [-0.4, -0.2) is 33.7 Å². The van der Waals surface area contributed by atoms with E-state index < -0.39 is 11.7 Å². The van der Waals surface area contributed by atoms with E-state index in [0.717, 1.165) is 17.3 Å². The van der Waals surface area contributed by atoms with E-state index in [9.17, 15) is 19.1 Å². The molecule has 0 saturated heterocycles. The lowest BCUT2D eigenvalue weighted by Gasteiger charge is -2.14. The number of hydrogen-bond donors (Lipinski definition) is 2. The second-order valence-corrected chi connectivity index (χ2v) is 7.63. The van der Waals surface area contributed by atoms with Gasteiger partial charge in [0, 0.05) is 22.9 Å². The van der Waals surface area contributed by atoms with E-state index in [-0.39, 0.29) is 16.9 Å². The summed E-state index contributed by atoms with van der Waals surface area (Å²) in [6.45, 7) is 6.79. The number of benzene rings is 2. The predicted octanol–water partition coefficient (Wildman–Crippen LogP) is 4.18. The molecule has 3 aromatic rings. The van der Waals surface area contributed by atoms with Crippen molar-refractivity contribution >= 4 is 18.0 Å². The molecule has 0 aliphatic carbocycles. The number of aromatic nitrogens is 2. The highest BCUT2D eigenvalue weighted by Crippen LogP contribution is 2.26. The molecular weight excluding hydrogens is 401 g/mol. The van der Waals surface area contributed by atoms with Crippen LogP contribution in [0.15, 0.2) is 42.5 Å². The van der Waals surface area contributed by atoms with Crippen LogP contribution < -0.4 is 10.1 Å². The third-order valence-electron chi connectivity index (χ3n) is 4.55. The number of aromatic hydroxyl groups is 1. The minimum atomic E-state index is -0.762. The first kappa shape index (κ1) is 22.0. The number of aryl methyl sites for hydroxylation is 1. The van der Waals surface area contributed by atoms with Crippen molar-refractivity contribution in [3.63, 3.8) is 0 Å². The molecule has 0 fully saturated rings. The van der Waals surface area contributed by atoms with E-state index in [0.29, 0.717) is 36.9 Å². The van der Waals surface area contributed by atoms with Gasteiger partial charge < -0.3 is 15.2 Å². The van der Waals surface area contributed by atoms with Crippen molar-refractivity contribution in [1.82, 2.24) is 9.78 Å². The lowest BCUT2D eigenvalue weighted by molar-refractivity contribution is 0.102. The fourth-order valence-corrected chi connectivity index (χ4v) is 2.93. The van der Waals surface area contributed by atoms with Gasteiger partial charge in [0.25, 0.3) is 5.91 Å². The van der Waals surface area contributed by atoms with E-state index in [4.69, 9.17) is 4.74 Å². The first-order chi connectivity index (χ1) is 14.8. The number of ether oxygens (including phenoxy) is 1. The van der Waals surface area contributed by atoms with Gasteiger partial charge in [-0.1, -0.05) is 13.8 Å². The number of carbonyl (C=O) groups excluding carboxylic acids is 2. The number of phenolic OH excluding ortho intramolecular Hbond substituents is 1. The maximum absolute atomic E-state index is 13.8. The molecule has 31 heavy (non-hydrogen) atoms. The van der Waals surface area contributed by atoms with Crippen LogP contribution >= 0.6 is 0 Å². The molecule has 1 amide bonds. The van der Waals surface area contributed by atoms with Crippen molar-refractivity contribution < 1.29 is 23.8 Å². The Bertz CT molecular complexity index is 1110. The summed E-state index contributed by atoms with van der Waals surface area (Å²) < 4.78 is 21.3. The Morgan fingerprint density at radius 1 is 1.26 bits per heavy atom. The molecule has 0 atom stereocenters. The van der Waals surface area contributed by atoms with Crippen LogP contribution in [0.5, 0.6) is 11.5 Å². The standard InChI is InChI=1S/C23H24FN3O4/c1-14(2)13-31-21-7-6-19(29)9-18(21)11-27-15(3)8-22(26-27)25-23(30)16-4-5-17(12-28)20(24)10-16/h4-10,12,14,29H,11,13H2,1-3H3,(H,25,26,30). The number of aldehydes is 1. The zero-order valence-corrected chi connectivity index (χ0v) is 17.6. The minimum absolute atomic E-state index is 0.0765. The topological polar surface area (TPSA) is 93.5 Å². The summed E-state index contributed by atoms with van der Waals surface area (Å²) in [5, 5.41) is 16.9. The van der Waals surface area contributed by atoms with Crippen molar-refractivity contribution in [2.45, 2.75) is 27.3 Å². The van der Waals surface area contributed by atoms with Crippen LogP contribution in [0, 0.1) is 18.7 Å². The first-order valence-electron chi connectivity index (χ1n) is 9.82. The van der Waals surface area contributed by atoms with Gasteiger partial charge in [-0.25, -0.2) is 4.39 Å². The maximum atomic E-state index is 13.8. The quantitative estimate of drug-likeness (QED) is 0.528. The van der Waals surface area contributed by atoms with Gasteiger partial charge in [-0.15, -0.1) is 0 Å². The maximum Gasteiger partial charge on any atom is 0.256 e. The van der Waals surface area contributed by atoms with Crippen LogP contribution in [0.3, 0.4) is 0 Å². The highest BCUT2D eigenvalue weighted by atomic mass is 19.1. The molecule has 0 aliphatic rings. The summed E-state index contributed by atoms with van der Waals surface area (Å²) in [7, 11) is 0. The largest absolute Gasteiger partial charge is 0.508 e. The Morgan fingerprint density at radius 3 is 2.71 bits per heavy atom. The summed E-state index contributed by atoms with van der Waals surface area (Å²) in [6, 6.07) is 10.2. The molecule has 3 rings (SSSR count). The second kappa shape index (κ2) is 9.42. The Morgan fingerprint density at radius 2 is 2.03 bits per heavy atom. The summed E-state index contributed by atoms with van der Waals surface area (Å²) >= 11 is 0. The van der Waals surface area contributed by atoms with E-state index in [1.807, 2.05) is 20.8 Å². The van der Waals surface area contributed by atoms with Gasteiger partial charge in [0.15, 0.2) is 12.1 Å². The molecule has 0 radical (unpaired) electrons. The number of nitrogens with one attached hydrogen (secondary N) is 1. The van der Waals surface area contributed by atoms with Crippen molar-refractivity contribution in [2.75, 3.05) is 11.9 Å². The van der Waals surface area contributed by atoms with Gasteiger partial charge >= 0.3 is 0 Å². The van der Waals surface area contributed by atoms with Crippen LogP contribution in [0.2, 0.25) is 0 Å². The average Bonchev–Trinajstić information content (AvgIpc) is 3.05. The monoisotopic (exact) mass is 425 g/mol. The van der Waals surface area contributed by atoms with Crippen LogP contribution in [0.1, 0.15) is 45.8 Å². The molecule has 8 heteroatoms. The SMILES string of the molecule is Cc1cc(NC(=O)c2ccc(C=O)c(F)c2)nn1Cc1cc(O)ccc1OCC(C)C. The molecule has 7 nitrogen and oxygen atoms in total. The van der Waals surface area contributed by atoms with Gasteiger partial charge in [-0.05, 0) is 49.2 Å². The zero-order valence-electron chi connectivity index (χ0n) is 17.6. The molecule has 1 heterocycles. The van der Waals surface area contributed by atoms with Crippen LogP contribution in [0.4, 0.5) is 10.2 Å². The number of hydrogen-bond acceptors (Lipinski definition) is 5. The number of nitrogens with zero attached hydrogens (tertiary/aromatic N) is 2. The second-order valence-electron chi connectivity index (χ2n) is 7.63. The Labute approximate surface area is 179 Å². The molecule has 0 bridgehead atoms. The lowest BCUT2D eigenvalue weighted by Crippen LogP contribution is -2.14. The molecule has 0 spiro atoms. The molecule has 0 aliphatic heterocycles. The fourth-order valence-electron chi connectivity index (χ4n) is 2.93. The normalized spacial score (nSPS) is 10.9. The van der Waals surface area contributed by atoms with Gasteiger partial charge in [0.05, 0.1) is 18.7 Å². The number of anilines is 1. The number of carbonyl (C=O) groups is 2. The molecule has 2 aromatic carbocycles. The third kappa shape index (κ3) is 5.48. The van der Waals surface area contributed by atoms with Crippen molar-refractivity contribution in [1.29, 1.82) is 0 Å². The van der Waals surface area contributed by atoms with E-state index in [1.54, 1.807) is 28.9 Å². The summed E-state index contributed by atoms with van der Waals surface area (Å²) in [6.07, 6.45) is 0.391. The zero-order chi connectivity index (χ0) is 22.5. The highest BCUT2D eigenvalue weighted by molar-refractivity contribution is 6.04. The number of rotatable bonds is 8. The van der Waals surface area contributed by atoms with E-state index >= 15 is 0 Å². The fraction of sp³-hybridized carbons (Fsp3) is 0.261. The van der Waals surface area contributed by atoms with Gasteiger partial charge in [0.1, 0.15) is 17.3 Å². The minimum Gasteiger partial charge on any atom is -0.508 e. The average molecular weight is 425 g/mol. The van der Waals surface area contributed by atoms with E-state index in [1.165, 1.54) is 12.1 Å². The lowest BCUT2D eigenvalue weighted by atomic mass is 10.1. The molecule has 1 aromatic heterocycles.